The molecule has 1 aliphatic rings. The summed E-state index contributed by atoms with van der Waals surface area (Å²) in [5.41, 5.74) is 2.13. The molecule has 27 heavy (non-hydrogen) atoms. The Kier molecular flexibility index (Phi) is 6.35. The molecule has 142 valence electrons. The summed E-state index contributed by atoms with van der Waals surface area (Å²) >= 11 is 0. The minimum absolute atomic E-state index is 0.350. The van der Waals surface area contributed by atoms with Crippen LogP contribution < -0.4 is 15.5 Å². The van der Waals surface area contributed by atoms with E-state index < -0.39 is 11.8 Å². The monoisotopic (exact) mass is 367 g/mol. The van der Waals surface area contributed by atoms with Gasteiger partial charge >= 0.3 is 11.8 Å². The number of nitrogens with one attached hydrogen (secondary N) is 2. The van der Waals surface area contributed by atoms with Crippen LogP contribution in [-0.2, 0) is 16.1 Å². The van der Waals surface area contributed by atoms with Gasteiger partial charge in [-0.2, -0.15) is 0 Å². The predicted octanol–water partition coefficient (Wildman–Crippen LogP) is 1.43. The molecular weight excluding hydrogens is 342 g/mol. The van der Waals surface area contributed by atoms with Crippen LogP contribution in [0.25, 0.3) is 0 Å². The van der Waals surface area contributed by atoms with Crippen LogP contribution in [0.2, 0.25) is 0 Å². The molecule has 0 spiro atoms. The third-order valence-corrected chi connectivity index (χ3v) is 4.82. The number of rotatable bonds is 5. The largest absolute Gasteiger partial charge is 0.355 e. The lowest BCUT2D eigenvalue weighted by Crippen LogP contribution is -2.43. The van der Waals surface area contributed by atoms with Gasteiger partial charge in [-0.15, -0.1) is 0 Å². The van der Waals surface area contributed by atoms with Crippen molar-refractivity contribution < 1.29 is 9.59 Å². The van der Waals surface area contributed by atoms with E-state index in [4.69, 9.17) is 0 Å². The van der Waals surface area contributed by atoms with Crippen LogP contribution in [0.15, 0.2) is 42.9 Å². The van der Waals surface area contributed by atoms with Crippen molar-refractivity contribution in [2.24, 2.45) is 5.92 Å². The van der Waals surface area contributed by atoms with E-state index in [-0.39, 0.29) is 0 Å². The van der Waals surface area contributed by atoms with Gasteiger partial charge in [-0.05, 0) is 31.2 Å². The molecule has 1 saturated heterocycles. The molecule has 2 aromatic rings. The highest BCUT2D eigenvalue weighted by Crippen LogP contribution is 2.20. The molecular formula is C20H25N5O2. The highest BCUT2D eigenvalue weighted by atomic mass is 16.2. The lowest BCUT2D eigenvalue weighted by molar-refractivity contribution is -0.139. The number of hydrogen-bond donors (Lipinski definition) is 2. The number of benzene rings is 1. The minimum Gasteiger partial charge on any atom is -0.355 e. The zero-order valence-corrected chi connectivity index (χ0v) is 15.5. The standard InChI is InChI=1S/C20H25N5O2/c1-15-2-4-16(5-3-15)12-23-19(26)20(27)24-13-17-6-10-25(11-7-17)18-14-21-8-9-22-18/h2-5,8-9,14,17H,6-7,10-13H2,1H3,(H,23,26)(H,24,27). The molecule has 1 aliphatic heterocycles. The third kappa shape index (κ3) is 5.51. The van der Waals surface area contributed by atoms with E-state index in [0.29, 0.717) is 19.0 Å². The van der Waals surface area contributed by atoms with Gasteiger partial charge < -0.3 is 15.5 Å². The Morgan fingerprint density at radius 2 is 1.78 bits per heavy atom. The van der Waals surface area contributed by atoms with Crippen molar-refractivity contribution >= 4 is 17.6 Å². The molecule has 3 rings (SSSR count). The molecule has 0 saturated carbocycles. The summed E-state index contributed by atoms with van der Waals surface area (Å²) < 4.78 is 0. The Bertz CT molecular complexity index is 756. The first-order valence-corrected chi connectivity index (χ1v) is 9.24. The van der Waals surface area contributed by atoms with E-state index in [2.05, 4.69) is 25.5 Å². The Balaban J connectivity index is 1.36. The number of amides is 2. The number of nitrogens with zero attached hydrogens (tertiary/aromatic N) is 3. The Morgan fingerprint density at radius 3 is 2.44 bits per heavy atom. The normalized spacial score (nSPS) is 14.6. The third-order valence-electron chi connectivity index (χ3n) is 4.82. The molecule has 2 amide bonds. The van der Waals surface area contributed by atoms with Crippen LogP contribution in [0.3, 0.4) is 0 Å². The van der Waals surface area contributed by atoms with Crippen molar-refractivity contribution in [2.45, 2.75) is 26.3 Å². The second-order valence-corrected chi connectivity index (χ2v) is 6.87. The maximum Gasteiger partial charge on any atom is 0.309 e. The predicted molar refractivity (Wildman–Crippen MR) is 103 cm³/mol. The van der Waals surface area contributed by atoms with Gasteiger partial charge in [-0.1, -0.05) is 29.8 Å². The summed E-state index contributed by atoms with van der Waals surface area (Å²) in [6.07, 6.45) is 7.01. The van der Waals surface area contributed by atoms with Crippen LogP contribution in [0, 0.1) is 12.8 Å². The molecule has 0 atom stereocenters. The molecule has 1 aromatic heterocycles. The Hall–Kier alpha value is -2.96. The number of carbonyl (C=O) groups excluding carboxylic acids is 2. The number of piperidine rings is 1. The zero-order valence-electron chi connectivity index (χ0n) is 15.5. The molecule has 0 unspecified atom stereocenters. The van der Waals surface area contributed by atoms with Gasteiger partial charge in [-0.3, -0.25) is 14.6 Å². The molecule has 0 aliphatic carbocycles. The molecule has 0 radical (unpaired) electrons. The van der Waals surface area contributed by atoms with Crippen molar-refractivity contribution in [3.63, 3.8) is 0 Å². The molecule has 1 aromatic carbocycles. The zero-order chi connectivity index (χ0) is 19.1. The van der Waals surface area contributed by atoms with Crippen LogP contribution in [0.1, 0.15) is 24.0 Å². The molecule has 2 N–H and O–H groups in total. The van der Waals surface area contributed by atoms with Crippen molar-refractivity contribution in [3.8, 4) is 0 Å². The maximum atomic E-state index is 12.0. The summed E-state index contributed by atoms with van der Waals surface area (Å²) in [5, 5.41) is 5.41. The fourth-order valence-corrected chi connectivity index (χ4v) is 3.11. The van der Waals surface area contributed by atoms with Crippen molar-refractivity contribution in [1.29, 1.82) is 0 Å². The van der Waals surface area contributed by atoms with Crippen molar-refractivity contribution in [3.05, 3.63) is 54.0 Å². The summed E-state index contributed by atoms with van der Waals surface area (Å²) in [4.78, 5) is 34.5. The van der Waals surface area contributed by atoms with Crippen LogP contribution in [0.4, 0.5) is 5.82 Å². The van der Waals surface area contributed by atoms with E-state index in [1.54, 1.807) is 18.6 Å². The number of aryl methyl sites for hydroxylation is 1. The van der Waals surface area contributed by atoms with E-state index in [0.717, 1.165) is 42.9 Å². The van der Waals surface area contributed by atoms with Gasteiger partial charge in [0.2, 0.25) is 0 Å². The van der Waals surface area contributed by atoms with E-state index >= 15 is 0 Å². The number of hydrogen-bond acceptors (Lipinski definition) is 5. The number of aromatic nitrogens is 2. The van der Waals surface area contributed by atoms with Crippen molar-refractivity contribution in [2.75, 3.05) is 24.5 Å². The Labute approximate surface area is 159 Å². The topological polar surface area (TPSA) is 87.2 Å². The van der Waals surface area contributed by atoms with Gasteiger partial charge in [-0.25, -0.2) is 4.98 Å². The second kappa shape index (κ2) is 9.12. The summed E-state index contributed by atoms with van der Waals surface area (Å²) in [5.74, 6) is 0.0910. The first-order chi connectivity index (χ1) is 13.1. The number of carbonyl (C=O) groups is 2. The SMILES string of the molecule is Cc1ccc(CNC(=O)C(=O)NCC2CCN(c3cnccn3)CC2)cc1. The summed E-state index contributed by atoms with van der Waals surface area (Å²) in [6, 6.07) is 7.85. The van der Waals surface area contributed by atoms with Gasteiger partial charge in [0.15, 0.2) is 0 Å². The number of anilines is 1. The second-order valence-electron chi connectivity index (χ2n) is 6.87. The first kappa shape index (κ1) is 18.8. The van der Waals surface area contributed by atoms with Gasteiger partial charge in [0, 0.05) is 38.6 Å². The molecule has 7 heteroatoms. The Morgan fingerprint density at radius 1 is 1.07 bits per heavy atom. The summed E-state index contributed by atoms with van der Waals surface area (Å²) in [6.45, 7) is 4.62. The maximum absolute atomic E-state index is 12.0. The van der Waals surface area contributed by atoms with Crippen molar-refractivity contribution in [1.82, 2.24) is 20.6 Å². The molecule has 1 fully saturated rings. The highest BCUT2D eigenvalue weighted by molar-refractivity contribution is 6.35. The quantitative estimate of drug-likeness (QED) is 0.781. The fraction of sp³-hybridized carbons (Fsp3) is 0.400. The van der Waals surface area contributed by atoms with Gasteiger partial charge in [0.05, 0.1) is 6.20 Å². The first-order valence-electron chi connectivity index (χ1n) is 9.24. The highest BCUT2D eigenvalue weighted by Gasteiger charge is 2.22. The summed E-state index contributed by atoms with van der Waals surface area (Å²) in [7, 11) is 0. The molecule has 7 nitrogen and oxygen atoms in total. The lowest BCUT2D eigenvalue weighted by Gasteiger charge is -2.32. The van der Waals surface area contributed by atoms with Gasteiger partial charge in [0.25, 0.3) is 0 Å². The van der Waals surface area contributed by atoms with Crippen LogP contribution >= 0.6 is 0 Å². The average Bonchev–Trinajstić information content (AvgIpc) is 2.72. The van der Waals surface area contributed by atoms with E-state index in [9.17, 15) is 9.59 Å². The minimum atomic E-state index is -0.590. The van der Waals surface area contributed by atoms with E-state index in [1.165, 1.54) is 0 Å². The van der Waals surface area contributed by atoms with Crippen LogP contribution in [-0.4, -0.2) is 41.4 Å². The van der Waals surface area contributed by atoms with Crippen LogP contribution in [0.5, 0.6) is 0 Å². The molecule has 2 heterocycles. The van der Waals surface area contributed by atoms with E-state index in [1.807, 2.05) is 31.2 Å². The fourth-order valence-electron chi connectivity index (χ4n) is 3.11. The average molecular weight is 367 g/mol. The lowest BCUT2D eigenvalue weighted by atomic mass is 9.97. The van der Waals surface area contributed by atoms with Gasteiger partial charge in [0.1, 0.15) is 5.82 Å². The smallest absolute Gasteiger partial charge is 0.309 e. The molecule has 0 bridgehead atoms.